The van der Waals surface area contributed by atoms with Gasteiger partial charge in [-0.25, -0.2) is 4.39 Å². The molecule has 2 saturated carbocycles. The lowest BCUT2D eigenvalue weighted by molar-refractivity contribution is -0.134. The van der Waals surface area contributed by atoms with E-state index in [1.807, 2.05) is 0 Å². The molecule has 0 N–H and O–H groups in total. The summed E-state index contributed by atoms with van der Waals surface area (Å²) >= 11 is 0.461. The minimum Gasteiger partial charge on any atom is -0.311 e. The smallest absolute Gasteiger partial charge is 0.311 e. The third kappa shape index (κ3) is 2.55. The molecule has 0 amide bonds. The van der Waals surface area contributed by atoms with Gasteiger partial charge in [-0.2, -0.15) is 13.2 Å². The fourth-order valence-electron chi connectivity index (χ4n) is 3.08. The maximum Gasteiger partial charge on any atom is 0.425 e. The van der Waals surface area contributed by atoms with E-state index in [4.69, 9.17) is 0 Å². The Morgan fingerprint density at radius 2 is 1.79 bits per heavy atom. The van der Waals surface area contributed by atoms with Gasteiger partial charge in [0.2, 0.25) is 0 Å². The highest BCUT2D eigenvalue weighted by molar-refractivity contribution is 7.12. The zero-order valence-electron chi connectivity index (χ0n) is 13.3. The molecule has 0 aromatic carbocycles. The summed E-state index contributed by atoms with van der Waals surface area (Å²) in [6.45, 7) is 3.45. The molecular formula is C16H17F4N3S. The van der Waals surface area contributed by atoms with Gasteiger partial charge in [-0.1, -0.05) is 0 Å². The van der Waals surface area contributed by atoms with Crippen LogP contribution in [-0.2, 0) is 11.6 Å². The molecule has 2 fully saturated rings. The molecule has 0 saturated heterocycles. The Labute approximate surface area is 140 Å². The first kappa shape index (κ1) is 16.1. The number of rotatable bonds is 4. The van der Waals surface area contributed by atoms with E-state index in [0.717, 1.165) is 31.5 Å². The molecule has 8 heteroatoms. The molecule has 2 aliphatic rings. The van der Waals surface area contributed by atoms with Crippen LogP contribution in [0.5, 0.6) is 0 Å². The normalized spacial score (nSPS) is 19.1. The summed E-state index contributed by atoms with van der Waals surface area (Å²) in [4.78, 5) is -0.852. The number of alkyl halides is 3. The predicted molar refractivity (Wildman–Crippen MR) is 81.7 cm³/mol. The van der Waals surface area contributed by atoms with Gasteiger partial charge in [-0.05, 0) is 45.6 Å². The fourth-order valence-corrected chi connectivity index (χ4v) is 4.08. The number of hydrogen-bond acceptors (Lipinski definition) is 3. The molecule has 0 atom stereocenters. The third-order valence-corrected chi connectivity index (χ3v) is 6.15. The zero-order chi connectivity index (χ0) is 17.3. The third-order valence-electron chi connectivity index (χ3n) is 4.67. The van der Waals surface area contributed by atoms with E-state index in [9.17, 15) is 17.6 Å². The molecule has 0 unspecified atom stereocenters. The number of hydrogen-bond donors (Lipinski definition) is 0. The monoisotopic (exact) mass is 359 g/mol. The van der Waals surface area contributed by atoms with Crippen LogP contribution >= 0.6 is 11.3 Å². The van der Waals surface area contributed by atoms with Crippen molar-refractivity contribution in [1.82, 2.24) is 14.8 Å². The highest BCUT2D eigenvalue weighted by Crippen LogP contribution is 2.48. The second-order valence-electron chi connectivity index (χ2n) is 7.17. The van der Waals surface area contributed by atoms with Crippen molar-refractivity contribution in [3.05, 3.63) is 33.3 Å². The van der Waals surface area contributed by atoms with Crippen LogP contribution in [0.15, 0.2) is 6.07 Å². The highest BCUT2D eigenvalue weighted by Gasteiger charge is 2.43. The Balaban J connectivity index is 1.80. The second kappa shape index (κ2) is 5.03. The summed E-state index contributed by atoms with van der Waals surface area (Å²) < 4.78 is 55.1. The van der Waals surface area contributed by atoms with Crippen molar-refractivity contribution in [3.8, 4) is 0 Å². The summed E-state index contributed by atoms with van der Waals surface area (Å²) in [5.41, 5.74) is -0.957. The van der Waals surface area contributed by atoms with Crippen LogP contribution in [-0.4, -0.2) is 14.8 Å². The van der Waals surface area contributed by atoms with Gasteiger partial charge in [-0.3, -0.25) is 0 Å². The van der Waals surface area contributed by atoms with Crippen LogP contribution in [0.4, 0.5) is 17.6 Å². The minimum absolute atomic E-state index is 0.0615. The molecular weight excluding hydrogens is 342 g/mol. The predicted octanol–water partition coefficient (Wildman–Crippen LogP) is 5.04. The van der Waals surface area contributed by atoms with Crippen molar-refractivity contribution in [1.29, 1.82) is 0 Å². The quantitative estimate of drug-likeness (QED) is 0.717. The van der Waals surface area contributed by atoms with E-state index in [0.29, 0.717) is 35.2 Å². The van der Waals surface area contributed by atoms with Crippen molar-refractivity contribution in [3.63, 3.8) is 0 Å². The molecule has 2 heterocycles. The Bertz CT molecular complexity index is 782. The average Bonchev–Trinajstić information content (AvgIpc) is 3.41. The van der Waals surface area contributed by atoms with Crippen molar-refractivity contribution in [2.24, 2.45) is 0 Å². The van der Waals surface area contributed by atoms with Gasteiger partial charge in [0.1, 0.15) is 22.3 Å². The van der Waals surface area contributed by atoms with Gasteiger partial charge in [0.05, 0.1) is 10.3 Å². The Morgan fingerprint density at radius 1 is 1.12 bits per heavy atom. The Hall–Kier alpha value is -1.44. The summed E-state index contributed by atoms with van der Waals surface area (Å²) in [7, 11) is 0. The second-order valence-corrected chi connectivity index (χ2v) is 8.22. The number of aromatic nitrogens is 3. The number of halogens is 4. The summed E-state index contributed by atoms with van der Waals surface area (Å²) in [5, 5.41) is 8.56. The standard InChI is InChI=1S/C16H17F4N3S/c1-15(2,12-10(17)7-11(24-12)16(18,19)20)14-22-21-13(8-3-4-8)23(14)9-5-6-9/h7-9H,3-6H2,1-2H3. The van der Waals surface area contributed by atoms with Gasteiger partial charge in [0.15, 0.2) is 0 Å². The van der Waals surface area contributed by atoms with Crippen LogP contribution in [0.1, 0.15) is 72.9 Å². The van der Waals surface area contributed by atoms with Crippen molar-refractivity contribution < 1.29 is 17.6 Å². The Morgan fingerprint density at radius 3 is 2.29 bits per heavy atom. The fraction of sp³-hybridized carbons (Fsp3) is 0.625. The van der Waals surface area contributed by atoms with Crippen LogP contribution in [0, 0.1) is 5.82 Å². The number of thiophene rings is 1. The molecule has 2 aromatic heterocycles. The summed E-state index contributed by atoms with van der Waals surface area (Å²) in [6, 6.07) is 0.886. The molecule has 3 nitrogen and oxygen atoms in total. The van der Waals surface area contributed by atoms with E-state index < -0.39 is 22.3 Å². The van der Waals surface area contributed by atoms with Gasteiger partial charge in [0, 0.05) is 12.0 Å². The first-order chi connectivity index (χ1) is 11.2. The molecule has 0 radical (unpaired) electrons. The van der Waals surface area contributed by atoms with E-state index in [1.165, 1.54) is 0 Å². The van der Waals surface area contributed by atoms with Crippen LogP contribution in [0.2, 0.25) is 0 Å². The molecule has 4 rings (SSSR count). The number of nitrogens with zero attached hydrogens (tertiary/aromatic N) is 3. The first-order valence-electron chi connectivity index (χ1n) is 8.02. The maximum absolute atomic E-state index is 14.3. The van der Waals surface area contributed by atoms with Crippen LogP contribution in [0.3, 0.4) is 0 Å². The summed E-state index contributed by atoms with van der Waals surface area (Å²) in [6.07, 6.45) is -0.375. The SMILES string of the molecule is CC(C)(c1sc(C(F)(F)F)cc1F)c1nnc(C2CC2)n1C1CC1. The lowest BCUT2D eigenvalue weighted by atomic mass is 9.90. The van der Waals surface area contributed by atoms with Gasteiger partial charge >= 0.3 is 6.18 Å². The zero-order valence-corrected chi connectivity index (χ0v) is 14.1. The average molecular weight is 359 g/mol. The molecule has 130 valence electrons. The van der Waals surface area contributed by atoms with Crippen molar-refractivity contribution >= 4 is 11.3 Å². The molecule has 2 aromatic rings. The maximum atomic E-state index is 14.3. The van der Waals surface area contributed by atoms with E-state index in [1.54, 1.807) is 13.8 Å². The lowest BCUT2D eigenvalue weighted by Gasteiger charge is -2.24. The molecule has 0 spiro atoms. The minimum atomic E-state index is -4.54. The molecule has 24 heavy (non-hydrogen) atoms. The largest absolute Gasteiger partial charge is 0.425 e. The lowest BCUT2D eigenvalue weighted by Crippen LogP contribution is -2.25. The van der Waals surface area contributed by atoms with E-state index in [-0.39, 0.29) is 4.88 Å². The summed E-state index contributed by atoms with van der Waals surface area (Å²) in [5.74, 6) is 1.05. The van der Waals surface area contributed by atoms with E-state index in [2.05, 4.69) is 14.8 Å². The molecule has 0 bridgehead atoms. The highest BCUT2D eigenvalue weighted by atomic mass is 32.1. The van der Waals surface area contributed by atoms with Crippen LogP contribution in [0.25, 0.3) is 0 Å². The van der Waals surface area contributed by atoms with E-state index >= 15 is 0 Å². The van der Waals surface area contributed by atoms with Gasteiger partial charge in [-0.15, -0.1) is 21.5 Å². The van der Waals surface area contributed by atoms with Crippen molar-refractivity contribution in [2.45, 2.75) is 63.1 Å². The first-order valence-corrected chi connectivity index (χ1v) is 8.83. The van der Waals surface area contributed by atoms with Gasteiger partial charge < -0.3 is 4.57 Å². The topological polar surface area (TPSA) is 30.7 Å². The van der Waals surface area contributed by atoms with Gasteiger partial charge in [0.25, 0.3) is 0 Å². The molecule has 0 aliphatic heterocycles. The Kier molecular flexibility index (Phi) is 3.37. The molecule has 2 aliphatic carbocycles. The van der Waals surface area contributed by atoms with Crippen LogP contribution < -0.4 is 0 Å². The van der Waals surface area contributed by atoms with Crippen molar-refractivity contribution in [2.75, 3.05) is 0 Å².